The number of hydrogen-bond donors (Lipinski definition) is 2. The molecule has 1 aromatic carbocycles. The summed E-state index contributed by atoms with van der Waals surface area (Å²) in [6, 6.07) is 9.33. The molecule has 0 saturated carbocycles. The summed E-state index contributed by atoms with van der Waals surface area (Å²) in [5.41, 5.74) is 11.6. The van der Waals surface area contributed by atoms with Crippen LogP contribution in [0.4, 0.5) is 0 Å². The molecule has 0 aliphatic carbocycles. The molecule has 0 atom stereocenters. The molecule has 0 aromatic heterocycles. The molecule has 0 radical (unpaired) electrons. The minimum absolute atomic E-state index is 0. The van der Waals surface area contributed by atoms with Gasteiger partial charge in [0.25, 0.3) is 0 Å². The van der Waals surface area contributed by atoms with Crippen molar-refractivity contribution in [2.45, 2.75) is 0 Å². The second-order valence-corrected chi connectivity index (χ2v) is 2.62. The number of nitrogens with zero attached hydrogens (tertiary/aromatic N) is 1. The normalized spacial score (nSPS) is 11.2. The summed E-state index contributed by atoms with van der Waals surface area (Å²) >= 11 is 4.58. The molecule has 0 bridgehead atoms. The van der Waals surface area contributed by atoms with Crippen LogP contribution in [0, 0.1) is 0 Å². The van der Waals surface area contributed by atoms with Crippen LogP contribution in [0.5, 0.6) is 0 Å². The number of hydrogen-bond acceptors (Lipinski definition) is 1. The van der Waals surface area contributed by atoms with Crippen LogP contribution in [0.25, 0.3) is 0 Å². The lowest BCUT2D eigenvalue weighted by molar-refractivity contribution is 1.51. The SMILES string of the molecule is NC(=S)/N=C(\N)c1ccccc1.[HH]. The zero-order valence-corrected chi connectivity index (χ0v) is 7.21. The first kappa shape index (κ1) is 8.67. The van der Waals surface area contributed by atoms with Crippen molar-refractivity contribution >= 4 is 23.2 Å². The van der Waals surface area contributed by atoms with Crippen LogP contribution >= 0.6 is 12.2 Å². The highest BCUT2D eigenvalue weighted by Crippen LogP contribution is 1.97. The summed E-state index contributed by atoms with van der Waals surface area (Å²) in [7, 11) is 0. The zero-order chi connectivity index (χ0) is 8.97. The molecule has 3 nitrogen and oxygen atoms in total. The summed E-state index contributed by atoms with van der Waals surface area (Å²) in [5.74, 6) is 0.350. The Hall–Kier alpha value is -1.42. The quantitative estimate of drug-likeness (QED) is 0.384. The Morgan fingerprint density at radius 3 is 2.33 bits per heavy atom. The van der Waals surface area contributed by atoms with Crippen LogP contribution in [0.15, 0.2) is 35.3 Å². The molecule has 4 heteroatoms. The van der Waals surface area contributed by atoms with Crippen molar-refractivity contribution in [2.75, 3.05) is 0 Å². The maximum Gasteiger partial charge on any atom is 0.192 e. The lowest BCUT2D eigenvalue weighted by Gasteiger charge is -1.97. The van der Waals surface area contributed by atoms with E-state index in [1.807, 2.05) is 30.3 Å². The first-order valence-corrected chi connectivity index (χ1v) is 3.80. The Kier molecular flexibility index (Phi) is 2.76. The molecule has 0 saturated heterocycles. The summed E-state index contributed by atoms with van der Waals surface area (Å²) < 4.78 is 0. The number of aliphatic imine (C=N–C) groups is 1. The first-order valence-electron chi connectivity index (χ1n) is 3.39. The van der Waals surface area contributed by atoms with Gasteiger partial charge in [0.15, 0.2) is 5.11 Å². The zero-order valence-electron chi connectivity index (χ0n) is 6.40. The van der Waals surface area contributed by atoms with Gasteiger partial charge in [-0.05, 0) is 12.2 Å². The van der Waals surface area contributed by atoms with Crippen LogP contribution in [-0.2, 0) is 0 Å². The maximum absolute atomic E-state index is 5.58. The Morgan fingerprint density at radius 2 is 1.83 bits per heavy atom. The minimum Gasteiger partial charge on any atom is -0.383 e. The fourth-order valence-electron chi connectivity index (χ4n) is 0.792. The van der Waals surface area contributed by atoms with E-state index in [0.717, 1.165) is 5.56 Å². The highest BCUT2D eigenvalue weighted by molar-refractivity contribution is 7.80. The van der Waals surface area contributed by atoms with E-state index in [1.165, 1.54) is 0 Å². The Labute approximate surface area is 77.6 Å². The van der Waals surface area contributed by atoms with E-state index in [-0.39, 0.29) is 6.54 Å². The predicted molar refractivity (Wildman–Crippen MR) is 56.1 cm³/mol. The largest absolute Gasteiger partial charge is 0.383 e. The molecule has 1 aromatic rings. The lowest BCUT2D eigenvalue weighted by atomic mass is 10.2. The highest BCUT2D eigenvalue weighted by atomic mass is 32.1. The van der Waals surface area contributed by atoms with Gasteiger partial charge in [-0.2, -0.15) is 0 Å². The third-order valence-corrected chi connectivity index (χ3v) is 1.39. The molecule has 1 rings (SSSR count). The van der Waals surface area contributed by atoms with Crippen LogP contribution in [-0.4, -0.2) is 10.9 Å². The van der Waals surface area contributed by atoms with Gasteiger partial charge >= 0.3 is 0 Å². The molecular weight excluding hydrogens is 170 g/mol. The smallest absolute Gasteiger partial charge is 0.192 e. The van der Waals surface area contributed by atoms with Gasteiger partial charge < -0.3 is 11.5 Å². The molecule has 0 amide bonds. The molecule has 0 spiro atoms. The van der Waals surface area contributed by atoms with E-state index in [1.54, 1.807) is 0 Å². The topological polar surface area (TPSA) is 64.4 Å². The van der Waals surface area contributed by atoms with E-state index in [4.69, 9.17) is 11.5 Å². The van der Waals surface area contributed by atoms with Crippen molar-refractivity contribution in [3.63, 3.8) is 0 Å². The molecule has 0 fully saturated rings. The van der Waals surface area contributed by atoms with Crippen LogP contribution < -0.4 is 11.5 Å². The summed E-state index contributed by atoms with van der Waals surface area (Å²) in [6.45, 7) is 0. The summed E-state index contributed by atoms with van der Waals surface area (Å²) in [6.07, 6.45) is 0. The standard InChI is InChI=1S/C8H9N3S.H2/c9-7(11-8(10)12)6-4-2-1-3-5-6;/h1-5H,(H4,9,10,11,12);1H. The number of thiocarbonyl (C=S) groups is 1. The van der Waals surface area contributed by atoms with Crippen molar-refractivity contribution < 1.29 is 1.43 Å². The Morgan fingerprint density at radius 1 is 1.25 bits per heavy atom. The molecule has 12 heavy (non-hydrogen) atoms. The predicted octanol–water partition coefficient (Wildman–Crippen LogP) is 0.881. The summed E-state index contributed by atoms with van der Waals surface area (Å²) in [4.78, 5) is 3.75. The highest BCUT2D eigenvalue weighted by Gasteiger charge is 1.95. The third kappa shape index (κ3) is 2.32. The van der Waals surface area contributed by atoms with Crippen molar-refractivity contribution in [2.24, 2.45) is 16.5 Å². The van der Waals surface area contributed by atoms with Crippen molar-refractivity contribution in [1.29, 1.82) is 0 Å². The molecule has 0 heterocycles. The monoisotopic (exact) mass is 181 g/mol. The molecule has 4 N–H and O–H groups in total. The maximum atomic E-state index is 5.58. The first-order chi connectivity index (χ1) is 5.70. The van der Waals surface area contributed by atoms with E-state index < -0.39 is 0 Å². The van der Waals surface area contributed by atoms with Crippen molar-refractivity contribution in [3.05, 3.63) is 35.9 Å². The van der Waals surface area contributed by atoms with Gasteiger partial charge in [-0.25, -0.2) is 4.99 Å². The Balaban J connectivity index is 0.00000144. The van der Waals surface area contributed by atoms with Gasteiger partial charge in [0.05, 0.1) is 0 Å². The van der Waals surface area contributed by atoms with Crippen molar-refractivity contribution in [1.82, 2.24) is 0 Å². The molecule has 0 aliphatic heterocycles. The third-order valence-electron chi connectivity index (χ3n) is 1.30. The van der Waals surface area contributed by atoms with Gasteiger partial charge in [0.1, 0.15) is 5.84 Å². The average molecular weight is 181 g/mol. The number of rotatable bonds is 1. The lowest BCUT2D eigenvalue weighted by Crippen LogP contribution is -2.17. The molecule has 0 unspecified atom stereocenters. The number of benzene rings is 1. The second kappa shape index (κ2) is 3.82. The van der Waals surface area contributed by atoms with Crippen LogP contribution in [0.1, 0.15) is 6.99 Å². The van der Waals surface area contributed by atoms with Gasteiger partial charge in [0, 0.05) is 6.99 Å². The van der Waals surface area contributed by atoms with Gasteiger partial charge in [-0.15, -0.1) is 0 Å². The fourth-order valence-corrected chi connectivity index (χ4v) is 0.891. The fraction of sp³-hybridized carbons (Fsp3) is 0. The Bertz CT molecular complexity index is 310. The van der Waals surface area contributed by atoms with E-state index in [9.17, 15) is 0 Å². The van der Waals surface area contributed by atoms with E-state index in [2.05, 4.69) is 17.2 Å². The average Bonchev–Trinajstić information content (AvgIpc) is 2.05. The molecule has 64 valence electrons. The van der Waals surface area contributed by atoms with Gasteiger partial charge in [-0.1, -0.05) is 30.3 Å². The van der Waals surface area contributed by atoms with E-state index in [0.29, 0.717) is 5.84 Å². The second-order valence-electron chi connectivity index (χ2n) is 2.20. The van der Waals surface area contributed by atoms with E-state index >= 15 is 0 Å². The molecular formula is C8H11N3S. The number of amidine groups is 1. The van der Waals surface area contributed by atoms with Gasteiger partial charge in [0.2, 0.25) is 0 Å². The number of nitrogens with two attached hydrogens (primary N) is 2. The minimum atomic E-state index is 0. The van der Waals surface area contributed by atoms with Crippen molar-refractivity contribution in [3.8, 4) is 0 Å². The van der Waals surface area contributed by atoms with Crippen LogP contribution in [0.2, 0.25) is 0 Å². The summed E-state index contributed by atoms with van der Waals surface area (Å²) in [5, 5.41) is 0.0522. The molecule has 0 aliphatic rings. The van der Waals surface area contributed by atoms with Gasteiger partial charge in [-0.3, -0.25) is 0 Å². The van der Waals surface area contributed by atoms with Crippen LogP contribution in [0.3, 0.4) is 0 Å².